The molecule has 0 aromatic carbocycles. The summed E-state index contributed by atoms with van der Waals surface area (Å²) in [5.74, 6) is 1.64. The molecule has 3 rings (SSSR count). The molecule has 2 saturated carbocycles. The molecule has 3 aliphatic rings. The van der Waals surface area contributed by atoms with E-state index in [-0.39, 0.29) is 0 Å². The van der Waals surface area contributed by atoms with Crippen LogP contribution in [0.3, 0.4) is 0 Å². The van der Waals surface area contributed by atoms with Crippen molar-refractivity contribution in [3.63, 3.8) is 0 Å². The van der Waals surface area contributed by atoms with Gasteiger partial charge in [-0.05, 0) is 88.5 Å². The standard InChI is InChI=1S/C28H47NO2/c1-5-9-23(20-26(30)6-2)12-13-24-10-7-16-28(4)25(14-15-27(24)28)11-8-17-29-18-19-31-22(3)21-29/h6,12-13,22,25-27,30H,2,5,7-11,14-21H2,1,3-4H3/b23-12-,24-13+/t22-,25?,26?,27?,28?/m1/s1. The van der Waals surface area contributed by atoms with Crippen molar-refractivity contribution in [1.29, 1.82) is 0 Å². The third-order valence-corrected chi connectivity index (χ3v) is 8.36. The van der Waals surface area contributed by atoms with Gasteiger partial charge in [0.2, 0.25) is 0 Å². The zero-order valence-corrected chi connectivity index (χ0v) is 20.5. The summed E-state index contributed by atoms with van der Waals surface area (Å²) >= 11 is 0. The van der Waals surface area contributed by atoms with Gasteiger partial charge in [0.1, 0.15) is 0 Å². The van der Waals surface area contributed by atoms with E-state index in [1.165, 1.54) is 57.1 Å². The van der Waals surface area contributed by atoms with Crippen molar-refractivity contribution in [2.45, 2.75) is 97.2 Å². The maximum absolute atomic E-state index is 10.0. The Balaban J connectivity index is 1.59. The molecule has 0 aromatic rings. The molecule has 1 N–H and O–H groups in total. The highest BCUT2D eigenvalue weighted by Crippen LogP contribution is 2.58. The first-order valence-electron chi connectivity index (χ1n) is 13.0. The van der Waals surface area contributed by atoms with Crippen LogP contribution in [0.2, 0.25) is 0 Å². The van der Waals surface area contributed by atoms with Gasteiger partial charge < -0.3 is 9.84 Å². The number of hydrogen-bond donors (Lipinski definition) is 1. The molecular formula is C28H47NO2. The number of hydrogen-bond acceptors (Lipinski definition) is 3. The molecule has 1 saturated heterocycles. The van der Waals surface area contributed by atoms with Crippen molar-refractivity contribution in [3.05, 3.63) is 36.0 Å². The van der Waals surface area contributed by atoms with Crippen LogP contribution >= 0.6 is 0 Å². The number of allylic oxidation sites excluding steroid dienone is 3. The van der Waals surface area contributed by atoms with E-state index in [1.807, 2.05) is 0 Å². The lowest BCUT2D eigenvalue weighted by Gasteiger charge is -2.42. The molecule has 3 fully saturated rings. The zero-order valence-electron chi connectivity index (χ0n) is 20.5. The van der Waals surface area contributed by atoms with Crippen molar-refractivity contribution < 1.29 is 9.84 Å². The fourth-order valence-corrected chi connectivity index (χ4v) is 6.63. The van der Waals surface area contributed by atoms with Gasteiger partial charge in [-0.1, -0.05) is 49.6 Å². The number of fused-ring (bicyclic) bond motifs is 1. The van der Waals surface area contributed by atoms with Crippen LogP contribution in [0, 0.1) is 17.3 Å². The Bertz CT molecular complexity index is 639. The summed E-state index contributed by atoms with van der Waals surface area (Å²) in [6.45, 7) is 15.1. The minimum Gasteiger partial charge on any atom is -0.389 e. The van der Waals surface area contributed by atoms with E-state index in [2.05, 4.69) is 44.4 Å². The van der Waals surface area contributed by atoms with Crippen molar-refractivity contribution in [1.82, 2.24) is 4.90 Å². The Hall–Kier alpha value is -0.900. The van der Waals surface area contributed by atoms with E-state index in [9.17, 15) is 5.11 Å². The molecule has 5 atom stereocenters. The van der Waals surface area contributed by atoms with Gasteiger partial charge in [-0.25, -0.2) is 0 Å². The summed E-state index contributed by atoms with van der Waals surface area (Å²) in [5.41, 5.74) is 3.53. The predicted octanol–water partition coefficient (Wildman–Crippen LogP) is 6.29. The molecule has 0 bridgehead atoms. The molecule has 2 aliphatic carbocycles. The molecule has 3 heteroatoms. The normalized spacial score (nSPS) is 34.6. The number of aliphatic hydroxyl groups excluding tert-OH is 1. The lowest BCUT2D eigenvalue weighted by atomic mass is 9.62. The van der Waals surface area contributed by atoms with Crippen LogP contribution < -0.4 is 0 Å². The fourth-order valence-electron chi connectivity index (χ4n) is 6.63. The van der Waals surface area contributed by atoms with Gasteiger partial charge in [0, 0.05) is 13.1 Å². The molecular weight excluding hydrogens is 382 g/mol. The van der Waals surface area contributed by atoms with Crippen LogP contribution in [-0.2, 0) is 4.74 Å². The molecule has 176 valence electrons. The lowest BCUT2D eigenvalue weighted by Crippen LogP contribution is -2.41. The molecule has 1 heterocycles. The summed E-state index contributed by atoms with van der Waals surface area (Å²) in [4.78, 5) is 2.60. The first-order chi connectivity index (χ1) is 15.0. The maximum Gasteiger partial charge on any atom is 0.0755 e. The zero-order chi connectivity index (χ0) is 22.3. The monoisotopic (exact) mass is 429 g/mol. The van der Waals surface area contributed by atoms with E-state index >= 15 is 0 Å². The first-order valence-corrected chi connectivity index (χ1v) is 13.0. The number of rotatable bonds is 10. The Morgan fingerprint density at radius 1 is 1.39 bits per heavy atom. The highest BCUT2D eigenvalue weighted by atomic mass is 16.5. The van der Waals surface area contributed by atoms with E-state index < -0.39 is 6.10 Å². The average Bonchev–Trinajstić information content (AvgIpc) is 3.09. The van der Waals surface area contributed by atoms with Gasteiger partial charge in [-0.3, -0.25) is 4.90 Å². The number of morpholine rings is 1. The Morgan fingerprint density at radius 3 is 2.97 bits per heavy atom. The van der Waals surface area contributed by atoms with Crippen LogP contribution in [0.25, 0.3) is 0 Å². The van der Waals surface area contributed by atoms with E-state index in [0.29, 0.717) is 11.5 Å². The number of ether oxygens (including phenoxy) is 1. The van der Waals surface area contributed by atoms with Gasteiger partial charge in [-0.2, -0.15) is 0 Å². The van der Waals surface area contributed by atoms with Crippen LogP contribution in [0.4, 0.5) is 0 Å². The predicted molar refractivity (Wildman–Crippen MR) is 131 cm³/mol. The van der Waals surface area contributed by atoms with Crippen molar-refractivity contribution >= 4 is 0 Å². The smallest absolute Gasteiger partial charge is 0.0755 e. The van der Waals surface area contributed by atoms with Crippen molar-refractivity contribution in [3.8, 4) is 0 Å². The minimum atomic E-state index is -0.418. The van der Waals surface area contributed by atoms with Gasteiger partial charge in [0.15, 0.2) is 0 Å². The first kappa shape index (κ1) is 24.7. The SMILES string of the molecule is C=CC(O)C/C(=C\C=C1/CCCC2(C)C(CCCN3CCO[C@H](C)C3)CCC12)CCC. The largest absolute Gasteiger partial charge is 0.389 e. The van der Waals surface area contributed by atoms with E-state index in [1.54, 1.807) is 11.6 Å². The highest BCUT2D eigenvalue weighted by molar-refractivity contribution is 5.25. The summed E-state index contributed by atoms with van der Waals surface area (Å²) in [5, 5.41) is 10.0. The Morgan fingerprint density at radius 2 is 2.23 bits per heavy atom. The van der Waals surface area contributed by atoms with Crippen LogP contribution in [0.5, 0.6) is 0 Å². The maximum atomic E-state index is 10.0. The Kier molecular flexibility index (Phi) is 9.43. The Labute approximate surface area is 191 Å². The quantitative estimate of drug-likeness (QED) is 0.414. The molecule has 0 amide bonds. The second kappa shape index (κ2) is 11.8. The number of aliphatic hydroxyl groups is 1. The summed E-state index contributed by atoms with van der Waals surface area (Å²) in [6, 6.07) is 0. The third-order valence-electron chi connectivity index (χ3n) is 8.36. The molecule has 4 unspecified atom stereocenters. The van der Waals surface area contributed by atoms with Crippen LogP contribution in [0.15, 0.2) is 36.0 Å². The minimum absolute atomic E-state index is 0.395. The summed E-state index contributed by atoms with van der Waals surface area (Å²) in [6.07, 6.45) is 18.8. The highest BCUT2D eigenvalue weighted by Gasteiger charge is 2.48. The van der Waals surface area contributed by atoms with E-state index in [0.717, 1.165) is 50.8 Å². The molecule has 0 radical (unpaired) electrons. The molecule has 0 spiro atoms. The fraction of sp³-hybridized carbons (Fsp3) is 0.786. The van der Waals surface area contributed by atoms with Crippen molar-refractivity contribution in [2.24, 2.45) is 17.3 Å². The molecule has 1 aliphatic heterocycles. The lowest BCUT2D eigenvalue weighted by molar-refractivity contribution is -0.0194. The average molecular weight is 430 g/mol. The summed E-state index contributed by atoms with van der Waals surface area (Å²) in [7, 11) is 0. The second-order valence-corrected chi connectivity index (χ2v) is 10.6. The van der Waals surface area contributed by atoms with Crippen LogP contribution in [0.1, 0.15) is 85.0 Å². The van der Waals surface area contributed by atoms with E-state index in [4.69, 9.17) is 4.74 Å². The van der Waals surface area contributed by atoms with Gasteiger partial charge in [0.05, 0.1) is 18.8 Å². The number of nitrogens with zero attached hydrogens (tertiary/aromatic N) is 1. The van der Waals surface area contributed by atoms with Crippen molar-refractivity contribution in [2.75, 3.05) is 26.2 Å². The van der Waals surface area contributed by atoms with Crippen LogP contribution in [-0.4, -0.2) is 48.5 Å². The van der Waals surface area contributed by atoms with Gasteiger partial charge in [-0.15, -0.1) is 6.58 Å². The summed E-state index contributed by atoms with van der Waals surface area (Å²) < 4.78 is 5.70. The molecule has 3 nitrogen and oxygen atoms in total. The second-order valence-electron chi connectivity index (χ2n) is 10.6. The topological polar surface area (TPSA) is 32.7 Å². The van der Waals surface area contributed by atoms with Gasteiger partial charge >= 0.3 is 0 Å². The van der Waals surface area contributed by atoms with Gasteiger partial charge in [0.25, 0.3) is 0 Å². The molecule has 31 heavy (non-hydrogen) atoms. The molecule has 0 aromatic heterocycles. The third kappa shape index (κ3) is 6.55.